The number of halogens is 1. The molecule has 1 aliphatic rings. The Morgan fingerprint density at radius 3 is 2.55 bits per heavy atom. The van der Waals surface area contributed by atoms with Gasteiger partial charge in [0.1, 0.15) is 0 Å². The Labute approximate surface area is 129 Å². The molecule has 1 aliphatic heterocycles. The van der Waals surface area contributed by atoms with Crippen LogP contribution in [0.2, 0.25) is 0 Å². The van der Waals surface area contributed by atoms with E-state index in [0.29, 0.717) is 0 Å². The van der Waals surface area contributed by atoms with Gasteiger partial charge in [-0.15, -0.1) is 0 Å². The first-order valence-corrected chi connectivity index (χ1v) is 8.07. The van der Waals surface area contributed by atoms with Crippen molar-refractivity contribution >= 4 is 27.5 Å². The van der Waals surface area contributed by atoms with Crippen LogP contribution in [0.4, 0.5) is 5.69 Å². The van der Waals surface area contributed by atoms with Crippen LogP contribution in [0, 0.1) is 19.3 Å². The third kappa shape index (κ3) is 3.07. The largest absolute Gasteiger partial charge is 0.326 e. The van der Waals surface area contributed by atoms with Gasteiger partial charge in [-0.2, -0.15) is 0 Å². The highest BCUT2D eigenvalue weighted by Gasteiger charge is 2.37. The molecule has 1 saturated heterocycles. The fraction of sp³-hybridized carbons (Fsp3) is 0.562. The number of carbonyl (C=O) groups is 1. The number of nitrogens with one attached hydrogen (secondary N) is 2. The van der Waals surface area contributed by atoms with E-state index in [4.69, 9.17) is 0 Å². The molecule has 0 saturated carbocycles. The highest BCUT2D eigenvalue weighted by atomic mass is 79.9. The molecular weight excluding hydrogens is 316 g/mol. The second-order valence-corrected chi connectivity index (χ2v) is 6.59. The van der Waals surface area contributed by atoms with Crippen molar-refractivity contribution in [2.45, 2.75) is 40.0 Å². The number of carbonyl (C=O) groups excluding carboxylic acids is 1. The molecule has 0 aromatic heterocycles. The minimum atomic E-state index is -0.257. The maximum absolute atomic E-state index is 12.7. The summed E-state index contributed by atoms with van der Waals surface area (Å²) in [7, 11) is 0. The monoisotopic (exact) mass is 338 g/mol. The van der Waals surface area contributed by atoms with Crippen molar-refractivity contribution in [1.82, 2.24) is 5.32 Å². The van der Waals surface area contributed by atoms with Gasteiger partial charge in [0.05, 0.1) is 5.41 Å². The number of amides is 1. The summed E-state index contributed by atoms with van der Waals surface area (Å²) in [5, 5.41) is 6.47. The van der Waals surface area contributed by atoms with Gasteiger partial charge in [-0.05, 0) is 62.9 Å². The highest BCUT2D eigenvalue weighted by Crippen LogP contribution is 2.32. The SMILES string of the molecule is CCC1(C(=O)Nc2cc(C)c(Br)c(C)c2)CCCNC1. The van der Waals surface area contributed by atoms with E-state index in [0.717, 1.165) is 53.6 Å². The fourth-order valence-corrected chi connectivity index (χ4v) is 3.13. The lowest BCUT2D eigenvalue weighted by atomic mass is 9.77. The molecule has 2 rings (SSSR count). The lowest BCUT2D eigenvalue weighted by Gasteiger charge is -2.35. The molecule has 1 atom stereocenters. The number of hydrogen-bond donors (Lipinski definition) is 2. The third-order valence-electron chi connectivity index (χ3n) is 4.33. The van der Waals surface area contributed by atoms with Crippen LogP contribution in [0.1, 0.15) is 37.3 Å². The standard InChI is InChI=1S/C16H23BrN2O/c1-4-16(6-5-7-18-10-16)15(20)19-13-8-11(2)14(17)12(3)9-13/h8-9,18H,4-7,10H2,1-3H3,(H,19,20). The Morgan fingerprint density at radius 2 is 2.05 bits per heavy atom. The molecule has 2 N–H and O–H groups in total. The first kappa shape index (κ1) is 15.5. The number of anilines is 1. The number of hydrogen-bond acceptors (Lipinski definition) is 2. The second kappa shape index (κ2) is 6.27. The van der Waals surface area contributed by atoms with E-state index >= 15 is 0 Å². The summed E-state index contributed by atoms with van der Waals surface area (Å²) in [6, 6.07) is 4.04. The summed E-state index contributed by atoms with van der Waals surface area (Å²) in [4.78, 5) is 12.7. The normalized spacial score (nSPS) is 22.6. The molecule has 0 aliphatic carbocycles. The fourth-order valence-electron chi connectivity index (χ4n) is 2.91. The number of aryl methyl sites for hydroxylation is 2. The van der Waals surface area contributed by atoms with Crippen molar-refractivity contribution in [2.75, 3.05) is 18.4 Å². The Hall–Kier alpha value is -0.870. The molecule has 0 bridgehead atoms. The summed E-state index contributed by atoms with van der Waals surface area (Å²) in [6.07, 6.45) is 2.91. The molecule has 1 aromatic carbocycles. The third-order valence-corrected chi connectivity index (χ3v) is 5.58. The molecule has 0 radical (unpaired) electrons. The minimum absolute atomic E-state index is 0.147. The molecule has 1 amide bonds. The molecule has 3 nitrogen and oxygen atoms in total. The van der Waals surface area contributed by atoms with Gasteiger partial charge < -0.3 is 10.6 Å². The van der Waals surface area contributed by atoms with Gasteiger partial charge in [0.2, 0.25) is 5.91 Å². The van der Waals surface area contributed by atoms with Gasteiger partial charge in [0.15, 0.2) is 0 Å². The van der Waals surface area contributed by atoms with E-state index in [1.165, 1.54) is 0 Å². The summed E-state index contributed by atoms with van der Waals surface area (Å²) in [5.74, 6) is 0.147. The van der Waals surface area contributed by atoms with Crippen molar-refractivity contribution < 1.29 is 4.79 Å². The molecule has 1 aromatic rings. The Balaban J connectivity index is 2.18. The number of piperidine rings is 1. The van der Waals surface area contributed by atoms with Crippen molar-refractivity contribution in [2.24, 2.45) is 5.41 Å². The Kier molecular flexibility index (Phi) is 4.86. The van der Waals surface area contributed by atoms with Gasteiger partial charge in [-0.25, -0.2) is 0 Å². The van der Waals surface area contributed by atoms with Gasteiger partial charge in [0.25, 0.3) is 0 Å². The van der Waals surface area contributed by atoms with E-state index in [-0.39, 0.29) is 11.3 Å². The molecule has 0 spiro atoms. The van der Waals surface area contributed by atoms with E-state index in [1.807, 2.05) is 26.0 Å². The molecular formula is C16H23BrN2O. The highest BCUT2D eigenvalue weighted by molar-refractivity contribution is 9.10. The summed E-state index contributed by atoms with van der Waals surface area (Å²) >= 11 is 3.56. The van der Waals surface area contributed by atoms with Crippen LogP contribution in [0.5, 0.6) is 0 Å². The van der Waals surface area contributed by atoms with Crippen molar-refractivity contribution in [3.8, 4) is 0 Å². The van der Waals surface area contributed by atoms with E-state index in [1.54, 1.807) is 0 Å². The smallest absolute Gasteiger partial charge is 0.231 e. The zero-order valence-corrected chi connectivity index (χ0v) is 14.1. The Bertz CT molecular complexity index is 484. The predicted octanol–water partition coefficient (Wildman–Crippen LogP) is 3.78. The van der Waals surface area contributed by atoms with Crippen LogP contribution in [-0.2, 0) is 4.79 Å². The van der Waals surface area contributed by atoms with Crippen LogP contribution >= 0.6 is 15.9 Å². The van der Waals surface area contributed by atoms with Gasteiger partial charge in [-0.1, -0.05) is 22.9 Å². The molecule has 20 heavy (non-hydrogen) atoms. The van der Waals surface area contributed by atoms with Crippen molar-refractivity contribution in [1.29, 1.82) is 0 Å². The zero-order valence-electron chi connectivity index (χ0n) is 12.5. The van der Waals surface area contributed by atoms with Crippen LogP contribution < -0.4 is 10.6 Å². The second-order valence-electron chi connectivity index (χ2n) is 5.79. The summed E-state index contributed by atoms with van der Waals surface area (Å²) < 4.78 is 1.11. The molecule has 110 valence electrons. The average Bonchev–Trinajstić information content (AvgIpc) is 2.45. The van der Waals surface area contributed by atoms with Crippen molar-refractivity contribution in [3.63, 3.8) is 0 Å². The maximum Gasteiger partial charge on any atom is 0.231 e. The average molecular weight is 339 g/mol. The topological polar surface area (TPSA) is 41.1 Å². The molecule has 1 unspecified atom stereocenters. The predicted molar refractivity (Wildman–Crippen MR) is 87.1 cm³/mol. The van der Waals surface area contributed by atoms with Gasteiger partial charge >= 0.3 is 0 Å². The van der Waals surface area contributed by atoms with Gasteiger partial charge in [0, 0.05) is 16.7 Å². The lowest BCUT2D eigenvalue weighted by Crippen LogP contribution is -2.47. The minimum Gasteiger partial charge on any atom is -0.326 e. The van der Waals surface area contributed by atoms with Crippen LogP contribution in [0.25, 0.3) is 0 Å². The summed E-state index contributed by atoms with van der Waals surface area (Å²) in [5.41, 5.74) is 2.93. The first-order valence-electron chi connectivity index (χ1n) is 7.27. The van der Waals surface area contributed by atoms with Crippen LogP contribution in [0.15, 0.2) is 16.6 Å². The van der Waals surface area contributed by atoms with Gasteiger partial charge in [-0.3, -0.25) is 4.79 Å². The van der Waals surface area contributed by atoms with Crippen molar-refractivity contribution in [3.05, 3.63) is 27.7 Å². The van der Waals surface area contributed by atoms with E-state index < -0.39 is 0 Å². The molecule has 1 fully saturated rings. The molecule has 4 heteroatoms. The molecule has 1 heterocycles. The van der Waals surface area contributed by atoms with Crippen LogP contribution in [0.3, 0.4) is 0 Å². The quantitative estimate of drug-likeness (QED) is 0.880. The number of rotatable bonds is 3. The van der Waals surface area contributed by atoms with E-state index in [2.05, 4.69) is 33.5 Å². The lowest BCUT2D eigenvalue weighted by molar-refractivity contribution is -0.126. The van der Waals surface area contributed by atoms with Crippen LogP contribution in [-0.4, -0.2) is 19.0 Å². The first-order chi connectivity index (χ1) is 9.48. The van der Waals surface area contributed by atoms with E-state index in [9.17, 15) is 4.79 Å². The zero-order chi connectivity index (χ0) is 14.8. The Morgan fingerprint density at radius 1 is 1.40 bits per heavy atom. The maximum atomic E-state index is 12.7. The number of benzene rings is 1. The summed E-state index contributed by atoms with van der Waals surface area (Å²) in [6.45, 7) is 8.00.